The van der Waals surface area contributed by atoms with Gasteiger partial charge in [0.1, 0.15) is 0 Å². The van der Waals surface area contributed by atoms with E-state index >= 15 is 0 Å². The van der Waals surface area contributed by atoms with Gasteiger partial charge in [-0.25, -0.2) is 0 Å². The lowest BCUT2D eigenvalue weighted by Crippen LogP contribution is -1.76. The summed E-state index contributed by atoms with van der Waals surface area (Å²) in [4.78, 5) is 2.76. The van der Waals surface area contributed by atoms with E-state index in [2.05, 4.69) is 17.9 Å². The first-order valence-electron chi connectivity index (χ1n) is 2.98. The van der Waals surface area contributed by atoms with Crippen LogP contribution in [0.15, 0.2) is 0 Å². The third kappa shape index (κ3) is 5.38. The number of unbranched alkanes of at least 4 members (excludes halogenated alkanes) is 3. The average molecular weight is 111 g/mol. The second kappa shape index (κ2) is 6.38. The Balaban J connectivity index is 2.82. The lowest BCUT2D eigenvalue weighted by atomic mass is 10.2. The van der Waals surface area contributed by atoms with Gasteiger partial charge in [-0.1, -0.05) is 19.8 Å². The molecule has 0 saturated carbocycles. The Bertz CT molecular complexity index is 82.5. The molecule has 0 rings (SSSR count). The molecule has 0 aromatic carbocycles. The molecule has 0 aliphatic heterocycles. The van der Waals surface area contributed by atoms with E-state index in [1.807, 2.05) is 0 Å². The molecule has 8 heavy (non-hydrogen) atoms. The third-order valence-corrected chi connectivity index (χ3v) is 0.963. The molecule has 0 saturated heterocycles. The number of hydrogen-bond acceptors (Lipinski definition) is 0. The number of rotatable bonds is 4. The average Bonchev–Trinajstić information content (AvgIpc) is 1.81. The fraction of sp³-hybridized carbons (Fsp3) is 0.833. The summed E-state index contributed by atoms with van der Waals surface area (Å²) in [6, 6.07) is 0. The molecule has 0 aromatic heterocycles. The summed E-state index contributed by atoms with van der Waals surface area (Å²) in [5.74, 6) is 0. The SMILES string of the molecule is CCCCC[C]=[N+]=[N-]. The van der Waals surface area contributed by atoms with Crippen LogP contribution in [0.25, 0.3) is 5.53 Å². The van der Waals surface area contributed by atoms with Gasteiger partial charge in [-0.15, -0.1) is 0 Å². The zero-order valence-corrected chi connectivity index (χ0v) is 5.22. The Morgan fingerprint density at radius 3 is 2.75 bits per heavy atom. The molecule has 1 radical (unpaired) electrons. The zero-order chi connectivity index (χ0) is 6.24. The van der Waals surface area contributed by atoms with E-state index < -0.39 is 0 Å². The summed E-state index contributed by atoms with van der Waals surface area (Å²) >= 11 is 0. The Kier molecular flexibility index (Phi) is 5.89. The van der Waals surface area contributed by atoms with E-state index in [1.165, 1.54) is 12.8 Å². The van der Waals surface area contributed by atoms with Gasteiger partial charge >= 0.3 is 6.21 Å². The van der Waals surface area contributed by atoms with Crippen molar-refractivity contribution in [2.45, 2.75) is 32.6 Å². The van der Waals surface area contributed by atoms with E-state index in [1.54, 1.807) is 0 Å². The molecule has 0 fully saturated rings. The molecule has 0 N–H and O–H groups in total. The van der Waals surface area contributed by atoms with Crippen LogP contribution in [0, 0.1) is 0 Å². The Morgan fingerprint density at radius 2 is 2.25 bits per heavy atom. The molecule has 2 heteroatoms. The van der Waals surface area contributed by atoms with Crippen LogP contribution in [0.1, 0.15) is 32.6 Å². The molecule has 0 heterocycles. The van der Waals surface area contributed by atoms with E-state index in [9.17, 15) is 0 Å². The van der Waals surface area contributed by atoms with Crippen LogP contribution in [0.4, 0.5) is 0 Å². The molecule has 0 amide bonds. The summed E-state index contributed by atoms with van der Waals surface area (Å²) in [6.45, 7) is 2.14. The lowest BCUT2D eigenvalue weighted by Gasteiger charge is -1.83. The standard InChI is InChI=1S/C6H11N2/c1-2-3-4-5-6-8-7/h2-5H2,1H3. The predicted molar refractivity (Wildman–Crippen MR) is 32.8 cm³/mol. The van der Waals surface area contributed by atoms with Crippen molar-refractivity contribution in [3.05, 3.63) is 5.53 Å². The quantitative estimate of drug-likeness (QED) is 0.229. The highest BCUT2D eigenvalue weighted by Gasteiger charge is 1.85. The highest BCUT2D eigenvalue weighted by molar-refractivity contribution is 5.49. The van der Waals surface area contributed by atoms with Gasteiger partial charge in [-0.05, 0) is 6.42 Å². The molecule has 0 aliphatic carbocycles. The number of nitrogens with zero attached hydrogens (tertiary/aromatic N) is 2. The Labute approximate surface area is 50.1 Å². The van der Waals surface area contributed by atoms with E-state index in [0.29, 0.717) is 0 Å². The van der Waals surface area contributed by atoms with Crippen molar-refractivity contribution in [2.24, 2.45) is 0 Å². The highest BCUT2D eigenvalue weighted by atomic mass is 14.8. The molecule has 0 atom stereocenters. The minimum absolute atomic E-state index is 0.782. The maximum Gasteiger partial charge on any atom is 0.375 e. The van der Waals surface area contributed by atoms with Gasteiger partial charge in [0.25, 0.3) is 0 Å². The van der Waals surface area contributed by atoms with E-state index in [4.69, 9.17) is 5.53 Å². The van der Waals surface area contributed by atoms with Crippen LogP contribution >= 0.6 is 0 Å². The van der Waals surface area contributed by atoms with Crippen LogP contribution < -0.4 is 0 Å². The van der Waals surface area contributed by atoms with Crippen molar-refractivity contribution in [1.29, 1.82) is 0 Å². The minimum Gasteiger partial charge on any atom is -0.361 e. The van der Waals surface area contributed by atoms with Crippen LogP contribution in [0.5, 0.6) is 0 Å². The zero-order valence-electron chi connectivity index (χ0n) is 5.22. The van der Waals surface area contributed by atoms with E-state index in [0.717, 1.165) is 12.8 Å². The fourth-order valence-corrected chi connectivity index (χ4v) is 0.504. The molecule has 0 spiro atoms. The van der Waals surface area contributed by atoms with Crippen molar-refractivity contribution in [1.82, 2.24) is 0 Å². The molecule has 45 valence electrons. The predicted octanol–water partition coefficient (Wildman–Crippen LogP) is 1.74. The topological polar surface area (TPSA) is 36.4 Å². The lowest BCUT2D eigenvalue weighted by molar-refractivity contribution is 0.000743. The van der Waals surface area contributed by atoms with Crippen molar-refractivity contribution in [3.63, 3.8) is 0 Å². The summed E-state index contributed by atoms with van der Waals surface area (Å²) in [5.41, 5.74) is 7.88. The smallest absolute Gasteiger partial charge is 0.361 e. The number of hydrogen-bond donors (Lipinski definition) is 0. The summed E-state index contributed by atoms with van der Waals surface area (Å²) in [5, 5.41) is 0. The van der Waals surface area contributed by atoms with Crippen LogP contribution in [0.3, 0.4) is 0 Å². The third-order valence-electron chi connectivity index (χ3n) is 0.963. The van der Waals surface area contributed by atoms with Gasteiger partial charge in [0.2, 0.25) is 0 Å². The molecule has 2 nitrogen and oxygen atoms in total. The molecule has 0 bridgehead atoms. The second-order valence-electron chi connectivity index (χ2n) is 1.72. The van der Waals surface area contributed by atoms with Gasteiger partial charge in [0, 0.05) is 0 Å². The van der Waals surface area contributed by atoms with Crippen LogP contribution in [0.2, 0.25) is 0 Å². The van der Waals surface area contributed by atoms with Crippen LogP contribution in [-0.4, -0.2) is 11.0 Å². The molecule has 0 aromatic rings. The first-order valence-corrected chi connectivity index (χ1v) is 2.98. The fourth-order valence-electron chi connectivity index (χ4n) is 0.504. The van der Waals surface area contributed by atoms with Gasteiger partial charge in [-0.3, -0.25) is 0 Å². The minimum atomic E-state index is 0.782. The Morgan fingerprint density at radius 1 is 1.50 bits per heavy atom. The monoisotopic (exact) mass is 111 g/mol. The molecular weight excluding hydrogens is 100 g/mol. The first-order chi connectivity index (χ1) is 3.91. The Hall–Kier alpha value is -0.620. The molecule has 0 aliphatic rings. The normalized spacial score (nSPS) is 8.12. The van der Waals surface area contributed by atoms with Crippen molar-refractivity contribution in [2.75, 3.05) is 0 Å². The largest absolute Gasteiger partial charge is 0.375 e. The van der Waals surface area contributed by atoms with Crippen molar-refractivity contribution in [3.8, 4) is 0 Å². The van der Waals surface area contributed by atoms with Crippen molar-refractivity contribution < 1.29 is 4.79 Å². The van der Waals surface area contributed by atoms with Crippen LogP contribution in [-0.2, 0) is 0 Å². The maximum atomic E-state index is 7.88. The van der Waals surface area contributed by atoms with Gasteiger partial charge < -0.3 is 5.53 Å². The highest BCUT2D eigenvalue weighted by Crippen LogP contribution is 1.94. The second-order valence-corrected chi connectivity index (χ2v) is 1.72. The molecule has 0 unspecified atom stereocenters. The van der Waals surface area contributed by atoms with Gasteiger partial charge in [0.15, 0.2) is 0 Å². The van der Waals surface area contributed by atoms with Gasteiger partial charge in [0.05, 0.1) is 6.42 Å². The summed E-state index contributed by atoms with van der Waals surface area (Å²) in [6.07, 6.45) is 6.73. The van der Waals surface area contributed by atoms with Gasteiger partial charge in [-0.2, -0.15) is 4.79 Å². The van der Waals surface area contributed by atoms with E-state index in [-0.39, 0.29) is 0 Å². The first kappa shape index (κ1) is 7.38. The summed E-state index contributed by atoms with van der Waals surface area (Å²) < 4.78 is 0. The van der Waals surface area contributed by atoms with Crippen molar-refractivity contribution >= 4 is 6.21 Å². The maximum absolute atomic E-state index is 7.88. The summed E-state index contributed by atoms with van der Waals surface area (Å²) in [7, 11) is 0. The molecular formula is C6H11N2.